The molecular formula is C24H46O2SiSn. The summed E-state index contributed by atoms with van der Waals surface area (Å²) in [5, 5.41) is 0. The second kappa shape index (κ2) is 12.6. The van der Waals surface area contributed by atoms with Gasteiger partial charge in [-0.15, -0.1) is 0 Å². The molecule has 2 nitrogen and oxygen atoms in total. The average Bonchev–Trinajstić information content (AvgIpc) is 3.02. The first-order valence-electron chi connectivity index (χ1n) is 11.7. The summed E-state index contributed by atoms with van der Waals surface area (Å²) in [6.45, 7) is 14.2. The molecular weight excluding hydrogens is 467 g/mol. The van der Waals surface area contributed by atoms with Crippen LogP contribution < -0.4 is 0 Å². The molecule has 1 aliphatic carbocycles. The molecule has 0 bridgehead atoms. The van der Waals surface area contributed by atoms with E-state index in [9.17, 15) is 4.79 Å². The van der Waals surface area contributed by atoms with Gasteiger partial charge in [0.05, 0.1) is 0 Å². The molecule has 0 saturated heterocycles. The number of unbranched alkanes of at least 4 members (excludes halogenated alkanes) is 3. The van der Waals surface area contributed by atoms with Gasteiger partial charge in [-0.2, -0.15) is 0 Å². The third kappa shape index (κ3) is 8.77. The van der Waals surface area contributed by atoms with E-state index >= 15 is 0 Å². The van der Waals surface area contributed by atoms with Gasteiger partial charge in [0, 0.05) is 0 Å². The van der Waals surface area contributed by atoms with Crippen molar-refractivity contribution in [1.82, 2.24) is 0 Å². The molecule has 1 aliphatic rings. The number of hydrogen-bond donors (Lipinski definition) is 0. The molecule has 1 unspecified atom stereocenters. The topological polar surface area (TPSA) is 26.3 Å². The number of esters is 1. The van der Waals surface area contributed by atoms with E-state index in [0.717, 1.165) is 12.8 Å². The fourth-order valence-electron chi connectivity index (χ4n) is 4.57. The van der Waals surface area contributed by atoms with Crippen molar-refractivity contribution < 1.29 is 9.53 Å². The van der Waals surface area contributed by atoms with Crippen molar-refractivity contribution in [3.8, 4) is 0 Å². The molecule has 1 atom stereocenters. The van der Waals surface area contributed by atoms with E-state index in [1.54, 1.807) is 12.7 Å². The molecule has 1 saturated carbocycles. The third-order valence-electron chi connectivity index (χ3n) is 6.05. The van der Waals surface area contributed by atoms with Crippen LogP contribution in [0.5, 0.6) is 0 Å². The molecule has 1 fully saturated rings. The van der Waals surface area contributed by atoms with E-state index in [1.807, 2.05) is 0 Å². The molecule has 0 aromatic heterocycles. The first-order chi connectivity index (χ1) is 13.2. The van der Waals surface area contributed by atoms with Gasteiger partial charge in [0.1, 0.15) is 0 Å². The van der Waals surface area contributed by atoms with E-state index in [2.05, 4.69) is 50.2 Å². The van der Waals surface area contributed by atoms with Gasteiger partial charge in [-0.1, -0.05) is 0 Å². The van der Waals surface area contributed by atoms with Crippen LogP contribution in [0.25, 0.3) is 0 Å². The number of carbonyl (C=O) groups excluding carboxylic acids is 1. The van der Waals surface area contributed by atoms with Gasteiger partial charge in [-0.3, -0.25) is 0 Å². The van der Waals surface area contributed by atoms with Crippen LogP contribution in [-0.2, 0) is 9.53 Å². The summed E-state index contributed by atoms with van der Waals surface area (Å²) in [6.07, 6.45) is 9.92. The maximum absolute atomic E-state index is 12.3. The van der Waals surface area contributed by atoms with E-state index in [1.165, 1.54) is 57.4 Å². The van der Waals surface area contributed by atoms with Crippen molar-refractivity contribution in [2.75, 3.05) is 7.11 Å². The molecule has 1 rings (SSSR count). The van der Waals surface area contributed by atoms with E-state index in [-0.39, 0.29) is 11.9 Å². The molecule has 0 N–H and O–H groups in total. The summed E-state index contributed by atoms with van der Waals surface area (Å²) in [5.74, 6) is 0.0349. The van der Waals surface area contributed by atoms with Crippen molar-refractivity contribution in [1.29, 1.82) is 0 Å². The third-order valence-corrected chi connectivity index (χ3v) is 21.6. The Bertz CT molecular complexity index is 524. The zero-order valence-corrected chi connectivity index (χ0v) is 23.7. The van der Waals surface area contributed by atoms with Gasteiger partial charge >= 0.3 is 181 Å². The van der Waals surface area contributed by atoms with Crippen LogP contribution >= 0.6 is 0 Å². The van der Waals surface area contributed by atoms with E-state index in [0.29, 0.717) is 0 Å². The van der Waals surface area contributed by atoms with Crippen LogP contribution in [-0.4, -0.2) is 39.5 Å². The number of allylic oxidation sites excluding steroid dienone is 2. The Hall–Kier alpha value is -0.0344. The Morgan fingerprint density at radius 1 is 0.964 bits per heavy atom. The number of ether oxygens (including phenoxy) is 1. The van der Waals surface area contributed by atoms with Crippen LogP contribution in [0.1, 0.15) is 72.1 Å². The zero-order valence-electron chi connectivity index (χ0n) is 19.8. The molecule has 4 heteroatoms. The van der Waals surface area contributed by atoms with Gasteiger partial charge in [0.25, 0.3) is 0 Å². The van der Waals surface area contributed by atoms with Gasteiger partial charge < -0.3 is 0 Å². The van der Waals surface area contributed by atoms with Crippen LogP contribution in [0.2, 0.25) is 33.0 Å². The molecule has 0 amide bonds. The molecule has 0 aliphatic heterocycles. The van der Waals surface area contributed by atoms with E-state index in [4.69, 9.17) is 4.74 Å². The summed E-state index contributed by atoms with van der Waals surface area (Å²) in [6, 6.07) is 0. The molecule has 0 aromatic carbocycles. The van der Waals surface area contributed by atoms with Gasteiger partial charge in [-0.05, 0) is 0 Å². The van der Waals surface area contributed by atoms with Crippen molar-refractivity contribution in [3.63, 3.8) is 0 Å². The van der Waals surface area contributed by atoms with Crippen LogP contribution in [0.3, 0.4) is 0 Å². The average molecular weight is 513 g/mol. The van der Waals surface area contributed by atoms with Crippen molar-refractivity contribution >= 4 is 32.4 Å². The quantitative estimate of drug-likeness (QED) is 0.198. The summed E-state index contributed by atoms with van der Waals surface area (Å²) >= 11 is -2.36. The normalized spacial score (nSPS) is 20.9. The maximum atomic E-state index is 12.3. The SMILES string of the molecule is CCC[CH2][Sn](/[CH]=C1/CC(C(=O)OC)C/C1=C/[Si](C)(C)C)([CH2]CCC)[CH2]CCC. The Morgan fingerprint density at radius 2 is 1.43 bits per heavy atom. The van der Waals surface area contributed by atoms with Crippen molar-refractivity contribution in [3.05, 3.63) is 20.9 Å². The molecule has 28 heavy (non-hydrogen) atoms. The summed E-state index contributed by atoms with van der Waals surface area (Å²) in [7, 11) is 0.219. The molecule has 0 heterocycles. The van der Waals surface area contributed by atoms with Crippen molar-refractivity contribution in [2.45, 2.75) is 105 Å². The standard InChI is InChI=1S/C12H19O2Si.3C4H9.Sn/c1-9-6-10(12(13)14-2)7-11(9)8-15(3,4)5;3*1-3-4-2;/h1,8,10H,6-7H2,2-5H3;3*1,3-4H2,2H3;/b9-1?,11-8-;;;;. The van der Waals surface area contributed by atoms with E-state index < -0.39 is 26.5 Å². The number of methoxy groups -OCH3 is 1. The first-order valence-corrected chi connectivity index (χ1v) is 23.0. The van der Waals surface area contributed by atoms with Crippen molar-refractivity contribution in [2.24, 2.45) is 5.92 Å². The Labute approximate surface area is 180 Å². The minimum absolute atomic E-state index is 0.0126. The van der Waals surface area contributed by atoms with Crippen LogP contribution in [0.15, 0.2) is 20.9 Å². The minimum atomic E-state index is -2.36. The van der Waals surface area contributed by atoms with Crippen LogP contribution in [0, 0.1) is 5.92 Å². The van der Waals surface area contributed by atoms with Crippen LogP contribution in [0.4, 0.5) is 0 Å². The second-order valence-corrected chi connectivity index (χ2v) is 27.9. The molecule has 0 radical (unpaired) electrons. The number of rotatable bonds is 12. The van der Waals surface area contributed by atoms with Gasteiger partial charge in [0.2, 0.25) is 0 Å². The molecule has 0 spiro atoms. The number of hydrogen-bond acceptors (Lipinski definition) is 2. The summed E-state index contributed by atoms with van der Waals surface area (Å²) in [5.41, 5.74) is 5.62. The Morgan fingerprint density at radius 3 is 1.82 bits per heavy atom. The Balaban J connectivity index is 3.33. The Kier molecular flexibility index (Phi) is 11.7. The molecule has 162 valence electrons. The molecule has 0 aromatic rings. The fourth-order valence-corrected chi connectivity index (χ4v) is 21.3. The summed E-state index contributed by atoms with van der Waals surface area (Å²) < 4.78 is 12.5. The zero-order chi connectivity index (χ0) is 21.2. The fraction of sp³-hybridized carbons (Fsp3) is 0.792. The number of carbonyl (C=O) groups is 1. The first kappa shape index (κ1) is 26.0. The predicted octanol–water partition coefficient (Wildman–Crippen LogP) is 7.69. The monoisotopic (exact) mass is 514 g/mol. The van der Waals surface area contributed by atoms with Gasteiger partial charge in [0.15, 0.2) is 0 Å². The second-order valence-electron chi connectivity index (χ2n) is 10.0. The summed E-state index contributed by atoms with van der Waals surface area (Å²) in [4.78, 5) is 12.3. The predicted molar refractivity (Wildman–Crippen MR) is 129 cm³/mol. The van der Waals surface area contributed by atoms with Gasteiger partial charge in [-0.25, -0.2) is 0 Å².